The molecule has 6 aromatic carbocycles. The molecule has 0 spiro atoms. The second kappa shape index (κ2) is 37.8. The summed E-state index contributed by atoms with van der Waals surface area (Å²) in [5.74, 6) is 0.512. The number of carbonyl (C=O) groups excluding carboxylic acids is 4. The number of hydrogen-bond donors (Lipinski definition) is 8. The molecule has 0 amide bonds. The number of nitrogens with zero attached hydrogens (tertiary/aromatic N) is 6. The van der Waals surface area contributed by atoms with Crippen LogP contribution in [-0.2, 0) is 60.2 Å². The number of rotatable bonds is 28. The minimum absolute atomic E-state index is 0. The Balaban J connectivity index is 0.000000173. The largest absolute Gasteiger partial charge is 0.494 e. The second-order valence-electron chi connectivity index (χ2n) is 34.0. The number of nitrogens with one attached hydrogen (secondary N) is 2. The molecular weight excluding hydrogens is 1700 g/mol. The number of aliphatic hydroxyl groups excluding tert-OH is 2. The van der Waals surface area contributed by atoms with Crippen LogP contribution in [0.1, 0.15) is 166 Å². The van der Waals surface area contributed by atoms with Gasteiger partial charge in [0.05, 0.1) is 83.1 Å². The van der Waals surface area contributed by atoms with E-state index >= 15 is 0 Å². The van der Waals surface area contributed by atoms with Gasteiger partial charge in [-0.2, -0.15) is 0 Å². The second-order valence-corrected chi connectivity index (χ2v) is 38.0. The van der Waals surface area contributed by atoms with Crippen LogP contribution in [0.2, 0.25) is 0 Å². The van der Waals surface area contributed by atoms with Gasteiger partial charge in [-0.1, -0.05) is 18.2 Å². The van der Waals surface area contributed by atoms with Gasteiger partial charge in [0, 0.05) is 104 Å². The van der Waals surface area contributed by atoms with Gasteiger partial charge in [-0.05, 0) is 227 Å². The lowest BCUT2D eigenvalue weighted by atomic mass is 9.87. The van der Waals surface area contributed by atoms with Crippen molar-refractivity contribution in [1.29, 1.82) is 0 Å². The van der Waals surface area contributed by atoms with Crippen molar-refractivity contribution in [2.24, 2.45) is 5.73 Å². The molecule has 127 heavy (non-hydrogen) atoms. The van der Waals surface area contributed by atoms with Gasteiger partial charge in [-0.3, -0.25) is 29.3 Å². The van der Waals surface area contributed by atoms with Gasteiger partial charge in [0.2, 0.25) is 0 Å². The molecule has 3 aliphatic rings. The van der Waals surface area contributed by atoms with Crippen LogP contribution in [0.5, 0.6) is 34.5 Å². The molecule has 9 heterocycles. The van der Waals surface area contributed by atoms with E-state index < -0.39 is 88.9 Å². The number of pyridine rings is 6. The zero-order valence-electron chi connectivity index (χ0n) is 71.9. The number of methoxy groups -OCH3 is 3. The highest BCUT2D eigenvalue weighted by Crippen LogP contribution is 2.50. The highest BCUT2D eigenvalue weighted by molar-refractivity contribution is 7.84. The number of nitrogens with two attached hydrogens (primary N) is 1. The van der Waals surface area contributed by atoms with Gasteiger partial charge in [0.25, 0.3) is 0 Å². The number of benzene rings is 6. The topological polar surface area (TPSA) is 386 Å². The van der Waals surface area contributed by atoms with Gasteiger partial charge in [-0.25, -0.2) is 46.0 Å². The van der Waals surface area contributed by atoms with E-state index in [1.165, 1.54) is 76.8 Å². The molecular formula is C95H99ClF3N9O17S2. The van der Waals surface area contributed by atoms with Crippen molar-refractivity contribution in [3.05, 3.63) is 250 Å². The van der Waals surface area contributed by atoms with Crippen LogP contribution in [0, 0.1) is 17.5 Å². The third-order valence-electron chi connectivity index (χ3n) is 22.4. The number of hydrogen-bond acceptors (Lipinski definition) is 24. The van der Waals surface area contributed by atoms with E-state index in [0.29, 0.717) is 113 Å². The molecule has 26 nitrogen and oxygen atoms in total. The van der Waals surface area contributed by atoms with Gasteiger partial charge < -0.3 is 64.5 Å². The van der Waals surface area contributed by atoms with Crippen LogP contribution < -0.4 is 43.6 Å². The molecule has 32 heteroatoms. The van der Waals surface area contributed by atoms with Gasteiger partial charge in [0.15, 0.2) is 34.6 Å². The first-order chi connectivity index (χ1) is 59.7. The summed E-state index contributed by atoms with van der Waals surface area (Å²) in [6.07, 6.45) is 5.64. The summed E-state index contributed by atoms with van der Waals surface area (Å²) in [6, 6.07) is 42.8. The number of fused-ring (bicyclic) bond motifs is 6. The van der Waals surface area contributed by atoms with E-state index in [9.17, 15) is 66.3 Å². The Kier molecular flexibility index (Phi) is 28.2. The highest BCUT2D eigenvalue weighted by atomic mass is 35.5. The van der Waals surface area contributed by atoms with Crippen molar-refractivity contribution in [2.75, 3.05) is 54.4 Å². The Morgan fingerprint density at radius 2 is 0.787 bits per heavy atom. The molecule has 666 valence electrons. The van der Waals surface area contributed by atoms with E-state index in [1.54, 1.807) is 150 Å². The first-order valence-electron chi connectivity index (χ1n) is 40.5. The van der Waals surface area contributed by atoms with Crippen molar-refractivity contribution in [2.45, 2.75) is 144 Å². The molecule has 0 saturated heterocycles. The summed E-state index contributed by atoms with van der Waals surface area (Å²) >= 11 is 0. The molecule has 15 rings (SSSR count). The van der Waals surface area contributed by atoms with Crippen LogP contribution >= 0.6 is 12.4 Å². The normalized spacial score (nSPS) is 18.1. The first kappa shape index (κ1) is 94.7. The number of aldehydes is 1. The molecule has 6 aromatic heterocycles. The van der Waals surface area contributed by atoms with Crippen molar-refractivity contribution in [3.63, 3.8) is 0 Å². The molecule has 0 fully saturated rings. The maximum atomic E-state index is 13.8. The SMILES string of the molecule is COc1cc(C(=O)CCC(C)(O)c2cc3c(c(-c4ccc(F)cc4)n2)OCC3(C=O)NS(=O)C(C)(C)C)cc2cccnc12.COc1cc(C(=O)CCC(C)(O)c2cc3c(c(-c4ccc(F)cc4)n2)OCC3(CO)NS(=O)C(C)(C)C)cc2cccnc12.COc1cc(C(=O)CCC(C)(O)c2cc3c(c(-c4ccc(F)cc4)n2)OCC3(N)CO)cc2cccnc12.Cl. The molecule has 8 atom stereocenters. The minimum atomic E-state index is -1.65. The van der Waals surface area contributed by atoms with Crippen molar-refractivity contribution in [3.8, 4) is 68.3 Å². The fourth-order valence-electron chi connectivity index (χ4n) is 14.7. The quantitative estimate of drug-likeness (QED) is 0.0167. The number of aliphatic hydroxyl groups is 5. The van der Waals surface area contributed by atoms with Crippen LogP contribution in [-0.4, -0.2) is 151 Å². The molecule has 3 aliphatic heterocycles. The maximum Gasteiger partial charge on any atom is 0.163 e. The summed E-state index contributed by atoms with van der Waals surface area (Å²) < 4.78 is 106. The lowest BCUT2D eigenvalue weighted by molar-refractivity contribution is -0.113. The monoisotopic (exact) mass is 1790 g/mol. The third-order valence-corrected chi connectivity index (χ3v) is 25.8. The number of halogens is 4. The minimum Gasteiger partial charge on any atom is -0.494 e. The number of Topliss-reactive ketones (excluding diaryl/α,β-unsaturated/α-hetero) is 3. The van der Waals surface area contributed by atoms with Crippen LogP contribution in [0.3, 0.4) is 0 Å². The lowest BCUT2D eigenvalue weighted by Gasteiger charge is -2.31. The van der Waals surface area contributed by atoms with Crippen molar-refractivity contribution >= 4 is 90.7 Å². The zero-order valence-corrected chi connectivity index (χ0v) is 74.4. The van der Waals surface area contributed by atoms with Crippen LogP contribution in [0.15, 0.2) is 182 Å². The predicted octanol–water partition coefficient (Wildman–Crippen LogP) is 14.4. The third kappa shape index (κ3) is 20.1. The van der Waals surface area contributed by atoms with Gasteiger partial charge >= 0.3 is 0 Å². The van der Waals surface area contributed by atoms with E-state index in [1.807, 2.05) is 39.0 Å². The lowest BCUT2D eigenvalue weighted by Crippen LogP contribution is -2.51. The Bertz CT molecular complexity index is 6220. The summed E-state index contributed by atoms with van der Waals surface area (Å²) in [5.41, 5.74) is 5.41. The molecule has 0 radical (unpaired) electrons. The van der Waals surface area contributed by atoms with Crippen LogP contribution in [0.4, 0.5) is 13.2 Å². The predicted molar refractivity (Wildman–Crippen MR) is 478 cm³/mol. The van der Waals surface area contributed by atoms with Gasteiger partial charge in [0.1, 0.15) is 128 Å². The highest BCUT2D eigenvalue weighted by Gasteiger charge is 2.49. The fraction of sp³-hybridized carbons (Fsp3) is 0.326. The Hall–Kier alpha value is -11.5. The van der Waals surface area contributed by atoms with Crippen molar-refractivity contribution in [1.82, 2.24) is 39.3 Å². The number of carbonyl (C=O) groups is 4. The average molecular weight is 1800 g/mol. The first-order valence-corrected chi connectivity index (χ1v) is 42.8. The zero-order chi connectivity index (χ0) is 90.8. The molecule has 0 bridgehead atoms. The Labute approximate surface area is 742 Å². The fourth-order valence-corrected chi connectivity index (χ4v) is 16.4. The smallest absolute Gasteiger partial charge is 0.163 e. The molecule has 12 aromatic rings. The van der Waals surface area contributed by atoms with Crippen LogP contribution in [0.25, 0.3) is 66.5 Å². The molecule has 9 N–H and O–H groups in total. The number of ether oxygens (including phenoxy) is 6. The maximum absolute atomic E-state index is 13.8. The number of aromatic nitrogens is 6. The Morgan fingerprint density at radius 1 is 0.465 bits per heavy atom. The molecule has 0 aliphatic carbocycles. The van der Waals surface area contributed by atoms with E-state index in [4.69, 9.17) is 44.1 Å². The van der Waals surface area contributed by atoms with Gasteiger partial charge in [-0.15, -0.1) is 12.4 Å². The summed E-state index contributed by atoms with van der Waals surface area (Å²) in [5, 5.41) is 57.9. The standard InChI is InChI=1S/C33H36FN3O6S.C33H34FN3O6S.C29H28FN3O5.ClH/c2*1-31(2,3)44(41)37-33(18-38)19-43-30-24(33)17-27(36-29(30)20-8-10-23(34)11-9-20)32(4,40)13-12-25(39)22-15-21-7-6-14-35-28(21)26(16-22)42-5;1-28(36,10-9-22(35)19-12-18-4-3-11-32-25(18)23(13-19)37-2)24-14-21-27(38-16-29(21,31)15-34)26(33-24)17-5-7-20(30)8-6-17;/h6-11,14-17,37-38,40H,12-13,18-19H2,1-5H3;6-11,14-18,37,40H,12-13,19H2,1-5H3;3-8,11-14,34,36H,9-10,15-16,31H2,1-2H3;1H. The van der Waals surface area contributed by atoms with Crippen molar-refractivity contribution < 1.29 is 94.7 Å². The summed E-state index contributed by atoms with van der Waals surface area (Å²) in [4.78, 5) is 79.6. The summed E-state index contributed by atoms with van der Waals surface area (Å²) in [7, 11) is 1.31. The molecule has 0 saturated carbocycles. The average Bonchev–Trinajstić information content (AvgIpc) is 1.60. The Morgan fingerprint density at radius 3 is 1.13 bits per heavy atom. The van der Waals surface area contributed by atoms with E-state index in [-0.39, 0.29) is 123 Å². The molecule has 8 unspecified atom stereocenters. The number of ketones is 3. The van der Waals surface area contributed by atoms with E-state index in [0.717, 1.165) is 16.2 Å². The van der Waals surface area contributed by atoms with E-state index in [2.05, 4.69) is 29.4 Å². The summed E-state index contributed by atoms with van der Waals surface area (Å²) in [6.45, 7) is 14.4.